The number of hydrogen-bond donors (Lipinski definition) is 2. The minimum Gasteiger partial charge on any atom is -0.382 e. The van der Waals surface area contributed by atoms with Crippen LogP contribution in [0.1, 0.15) is 55.1 Å². The van der Waals surface area contributed by atoms with Crippen molar-refractivity contribution in [3.63, 3.8) is 0 Å². The zero-order valence-electron chi connectivity index (χ0n) is 12.6. The summed E-state index contributed by atoms with van der Waals surface area (Å²) in [6.07, 6.45) is 7.11. The van der Waals surface area contributed by atoms with Crippen molar-refractivity contribution in [2.45, 2.75) is 51.5 Å². The predicted molar refractivity (Wildman–Crippen MR) is 86.7 cm³/mol. The third-order valence-corrected chi connectivity index (χ3v) is 5.65. The number of nitrogens with zero attached hydrogens (tertiary/aromatic N) is 2. The molecule has 0 spiro atoms. The van der Waals surface area contributed by atoms with Crippen LogP contribution in [0, 0.1) is 5.92 Å². The van der Waals surface area contributed by atoms with Crippen LogP contribution in [0.2, 0.25) is 0 Å². The molecule has 1 aliphatic heterocycles. The number of amides is 1. The first-order valence-corrected chi connectivity index (χ1v) is 8.81. The Labute approximate surface area is 129 Å². The van der Waals surface area contributed by atoms with E-state index in [1.165, 1.54) is 37.0 Å². The van der Waals surface area contributed by atoms with Gasteiger partial charge in [-0.25, -0.2) is 4.98 Å². The van der Waals surface area contributed by atoms with Gasteiger partial charge in [0.25, 0.3) is 5.91 Å². The zero-order chi connectivity index (χ0) is 14.8. The fourth-order valence-corrected chi connectivity index (χ4v) is 3.93. The van der Waals surface area contributed by atoms with Gasteiger partial charge in [-0.15, -0.1) is 0 Å². The third-order valence-electron chi connectivity index (χ3n) is 4.66. The summed E-state index contributed by atoms with van der Waals surface area (Å²) in [5.41, 5.74) is 5.96. The van der Waals surface area contributed by atoms with Gasteiger partial charge in [0.2, 0.25) is 0 Å². The summed E-state index contributed by atoms with van der Waals surface area (Å²) in [6, 6.07) is 0.512. The Kier molecular flexibility index (Phi) is 4.33. The summed E-state index contributed by atoms with van der Waals surface area (Å²) in [7, 11) is 0. The zero-order valence-corrected chi connectivity index (χ0v) is 13.4. The van der Waals surface area contributed by atoms with Crippen molar-refractivity contribution < 1.29 is 4.79 Å². The number of hydrogen-bond acceptors (Lipinski definition) is 5. The molecule has 1 amide bonds. The van der Waals surface area contributed by atoms with E-state index >= 15 is 0 Å². The maximum absolute atomic E-state index is 12.7. The predicted octanol–water partition coefficient (Wildman–Crippen LogP) is 2.95. The van der Waals surface area contributed by atoms with Crippen LogP contribution < -0.4 is 11.1 Å². The van der Waals surface area contributed by atoms with Gasteiger partial charge in [-0.05, 0) is 38.0 Å². The Morgan fingerprint density at radius 3 is 2.90 bits per heavy atom. The van der Waals surface area contributed by atoms with Crippen molar-refractivity contribution in [2.75, 3.05) is 24.1 Å². The van der Waals surface area contributed by atoms with E-state index < -0.39 is 0 Å². The molecule has 2 heterocycles. The normalized spacial score (nSPS) is 22.9. The Morgan fingerprint density at radius 2 is 2.24 bits per heavy atom. The highest BCUT2D eigenvalue weighted by atomic mass is 32.1. The van der Waals surface area contributed by atoms with E-state index in [0.29, 0.717) is 22.7 Å². The van der Waals surface area contributed by atoms with E-state index in [9.17, 15) is 4.79 Å². The monoisotopic (exact) mass is 308 g/mol. The lowest BCUT2D eigenvalue weighted by molar-refractivity contribution is 0.0677. The molecule has 1 aromatic heterocycles. The third kappa shape index (κ3) is 3.15. The Hall–Kier alpha value is -1.30. The van der Waals surface area contributed by atoms with Gasteiger partial charge >= 0.3 is 0 Å². The van der Waals surface area contributed by atoms with Crippen molar-refractivity contribution in [3.05, 3.63) is 4.88 Å². The highest BCUT2D eigenvalue weighted by Crippen LogP contribution is 2.31. The molecule has 1 saturated heterocycles. The average molecular weight is 308 g/mol. The second-order valence-electron chi connectivity index (χ2n) is 6.17. The molecule has 3 rings (SSSR count). The maximum Gasteiger partial charge on any atom is 0.267 e. The quantitative estimate of drug-likeness (QED) is 0.897. The molecule has 116 valence electrons. The number of rotatable bonds is 4. The molecular formula is C15H24N4OS. The number of carbonyl (C=O) groups excluding carboxylic acids is 1. The summed E-state index contributed by atoms with van der Waals surface area (Å²) < 4.78 is 0. The van der Waals surface area contributed by atoms with E-state index in [4.69, 9.17) is 5.73 Å². The highest BCUT2D eigenvalue weighted by Gasteiger charge is 2.27. The van der Waals surface area contributed by atoms with Gasteiger partial charge in [-0.1, -0.05) is 24.7 Å². The maximum atomic E-state index is 12.7. The molecule has 1 aromatic rings. The molecule has 2 aliphatic rings. The second kappa shape index (κ2) is 6.22. The number of likely N-dealkylation sites (tertiary alicyclic amines) is 1. The number of aromatic nitrogens is 1. The lowest BCUT2D eigenvalue weighted by atomic mass is 9.93. The summed E-state index contributed by atoms with van der Waals surface area (Å²) >= 11 is 1.41. The van der Waals surface area contributed by atoms with E-state index in [-0.39, 0.29) is 5.91 Å². The first-order chi connectivity index (χ1) is 10.2. The first kappa shape index (κ1) is 14.6. The van der Waals surface area contributed by atoms with Gasteiger partial charge in [0.1, 0.15) is 10.7 Å². The van der Waals surface area contributed by atoms with E-state index in [0.717, 1.165) is 31.1 Å². The molecular weight excluding hydrogens is 284 g/mol. The number of nitrogens with two attached hydrogens (primary N) is 1. The van der Waals surface area contributed by atoms with Crippen LogP contribution in [-0.2, 0) is 0 Å². The average Bonchev–Trinajstić information content (AvgIpc) is 2.83. The van der Waals surface area contributed by atoms with Gasteiger partial charge in [-0.2, -0.15) is 0 Å². The molecule has 21 heavy (non-hydrogen) atoms. The minimum absolute atomic E-state index is 0.0600. The largest absolute Gasteiger partial charge is 0.382 e. The lowest BCUT2D eigenvalue weighted by Crippen LogP contribution is -2.39. The number of nitrogens with one attached hydrogen (secondary N) is 1. The molecule has 0 aromatic carbocycles. The van der Waals surface area contributed by atoms with Crippen molar-refractivity contribution in [3.8, 4) is 0 Å². The molecule has 0 radical (unpaired) electrons. The molecule has 1 saturated carbocycles. The molecule has 6 heteroatoms. The Bertz CT molecular complexity index is 512. The molecule has 3 N–H and O–H groups in total. The van der Waals surface area contributed by atoms with Gasteiger partial charge in [-0.3, -0.25) is 4.79 Å². The van der Waals surface area contributed by atoms with E-state index in [1.807, 2.05) is 4.90 Å². The second-order valence-corrected chi connectivity index (χ2v) is 7.17. The Morgan fingerprint density at radius 1 is 1.43 bits per heavy atom. The first-order valence-electron chi connectivity index (χ1n) is 7.99. The van der Waals surface area contributed by atoms with Gasteiger partial charge in [0.15, 0.2) is 5.13 Å². The number of thiazole rings is 1. The van der Waals surface area contributed by atoms with E-state index in [1.54, 1.807) is 0 Å². The fraction of sp³-hybridized carbons (Fsp3) is 0.733. The number of anilines is 2. The summed E-state index contributed by atoms with van der Waals surface area (Å²) in [4.78, 5) is 19.5. The van der Waals surface area contributed by atoms with Crippen molar-refractivity contribution in [2.24, 2.45) is 5.92 Å². The summed E-state index contributed by atoms with van der Waals surface area (Å²) in [5.74, 6) is 1.07. The van der Waals surface area contributed by atoms with Crippen LogP contribution in [0.3, 0.4) is 0 Å². The summed E-state index contributed by atoms with van der Waals surface area (Å²) in [6.45, 7) is 3.90. The Balaban J connectivity index is 1.68. The molecule has 1 unspecified atom stereocenters. The smallest absolute Gasteiger partial charge is 0.267 e. The van der Waals surface area contributed by atoms with Crippen LogP contribution in [-0.4, -0.2) is 34.9 Å². The van der Waals surface area contributed by atoms with Gasteiger partial charge in [0.05, 0.1) is 0 Å². The lowest BCUT2D eigenvalue weighted by Gasteiger charge is -2.32. The van der Waals surface area contributed by atoms with Gasteiger partial charge < -0.3 is 16.0 Å². The van der Waals surface area contributed by atoms with Crippen LogP contribution >= 0.6 is 11.3 Å². The van der Waals surface area contributed by atoms with Crippen LogP contribution in [0.5, 0.6) is 0 Å². The van der Waals surface area contributed by atoms with Crippen molar-refractivity contribution in [1.82, 2.24) is 9.88 Å². The van der Waals surface area contributed by atoms with Crippen LogP contribution in [0.15, 0.2) is 0 Å². The molecule has 1 aliphatic carbocycles. The van der Waals surface area contributed by atoms with E-state index in [2.05, 4.69) is 17.2 Å². The van der Waals surface area contributed by atoms with Crippen molar-refractivity contribution >= 4 is 28.2 Å². The fourth-order valence-electron chi connectivity index (χ4n) is 3.00. The summed E-state index contributed by atoms with van der Waals surface area (Å²) in [5, 5.41) is 4.17. The number of nitrogen functional groups attached to an aromatic ring is 1. The minimum atomic E-state index is 0.0600. The SMILES string of the molecule is CCC1CCCN(C(=O)c2sc(NC3CCC3)nc2N)C1. The van der Waals surface area contributed by atoms with Crippen molar-refractivity contribution in [1.29, 1.82) is 0 Å². The number of piperidine rings is 1. The standard InChI is InChI=1S/C15H24N4OS/c1-2-10-5-4-8-19(9-10)14(20)12-13(16)18-15(21-12)17-11-6-3-7-11/h10-11H,2-9,16H2,1H3,(H,17,18). The van der Waals surface area contributed by atoms with Gasteiger partial charge in [0, 0.05) is 19.1 Å². The topological polar surface area (TPSA) is 71.2 Å². The van der Waals surface area contributed by atoms with Crippen LogP contribution in [0.25, 0.3) is 0 Å². The molecule has 1 atom stereocenters. The molecule has 0 bridgehead atoms. The van der Waals surface area contributed by atoms with Crippen LogP contribution in [0.4, 0.5) is 10.9 Å². The number of carbonyl (C=O) groups is 1. The molecule has 2 fully saturated rings. The highest BCUT2D eigenvalue weighted by molar-refractivity contribution is 7.18. The molecule has 5 nitrogen and oxygen atoms in total.